The van der Waals surface area contributed by atoms with Crippen LogP contribution in [0.3, 0.4) is 0 Å². The molecule has 33 heavy (non-hydrogen) atoms. The highest BCUT2D eigenvalue weighted by Gasteiger charge is 2.13. The van der Waals surface area contributed by atoms with Gasteiger partial charge in [-0.25, -0.2) is 4.79 Å². The third-order valence-electron chi connectivity index (χ3n) is 4.71. The molecule has 0 heterocycles. The molecule has 0 bridgehead atoms. The molecule has 0 aliphatic carbocycles. The van der Waals surface area contributed by atoms with Crippen LogP contribution in [0.15, 0.2) is 41.4 Å². The van der Waals surface area contributed by atoms with Gasteiger partial charge in [-0.15, -0.1) is 24.0 Å². The highest BCUT2D eigenvalue weighted by atomic mass is 127. The van der Waals surface area contributed by atoms with Crippen LogP contribution in [-0.2, 0) is 22.6 Å². The second-order valence-corrected chi connectivity index (χ2v) is 6.96. The quantitative estimate of drug-likeness (QED) is 0.140. The minimum absolute atomic E-state index is 0. The van der Waals surface area contributed by atoms with Gasteiger partial charge in [0, 0.05) is 32.3 Å². The van der Waals surface area contributed by atoms with Gasteiger partial charge in [0.05, 0.1) is 20.8 Å². The fourth-order valence-corrected chi connectivity index (χ4v) is 3.02. The summed E-state index contributed by atoms with van der Waals surface area (Å²) >= 11 is 0. The summed E-state index contributed by atoms with van der Waals surface area (Å²) in [4.78, 5) is 16.3. The molecule has 0 spiro atoms. The van der Waals surface area contributed by atoms with Crippen molar-refractivity contribution >= 4 is 35.9 Å². The van der Waals surface area contributed by atoms with Crippen LogP contribution in [0.5, 0.6) is 11.5 Å². The van der Waals surface area contributed by atoms with Gasteiger partial charge in [-0.05, 0) is 43.2 Å². The predicted molar refractivity (Wildman–Crippen MR) is 140 cm³/mol. The molecule has 2 N–H and O–H groups in total. The molecule has 8 nitrogen and oxygen atoms in total. The highest BCUT2D eigenvalue weighted by molar-refractivity contribution is 14.0. The van der Waals surface area contributed by atoms with Gasteiger partial charge >= 0.3 is 5.97 Å². The standard InChI is InChI=1S/C24H33N3O5.HI/c1-6-31-11-12-32-22-13-17(2)7-9-19(22)16-27-24(25-3)26-15-18-8-10-21(29-4)20(14-18)23(28)30-5;/h7-10,13-14H,6,11-12,15-16H2,1-5H3,(H2,25,26,27);1H. The molecule has 0 radical (unpaired) electrons. The van der Waals surface area contributed by atoms with E-state index >= 15 is 0 Å². The van der Waals surface area contributed by atoms with E-state index in [-0.39, 0.29) is 24.0 Å². The van der Waals surface area contributed by atoms with Crippen molar-refractivity contribution in [2.24, 2.45) is 4.99 Å². The van der Waals surface area contributed by atoms with Gasteiger partial charge in [-0.2, -0.15) is 0 Å². The number of benzene rings is 2. The van der Waals surface area contributed by atoms with Crippen molar-refractivity contribution in [1.82, 2.24) is 10.6 Å². The first kappa shape index (κ1) is 28.5. The number of hydrogen-bond donors (Lipinski definition) is 2. The number of carbonyl (C=O) groups is 1. The number of esters is 1. The number of nitrogens with zero attached hydrogens (tertiary/aromatic N) is 1. The number of nitrogens with one attached hydrogen (secondary N) is 2. The summed E-state index contributed by atoms with van der Waals surface area (Å²) in [5, 5.41) is 6.55. The normalized spacial score (nSPS) is 10.8. The molecule has 0 aromatic heterocycles. The lowest BCUT2D eigenvalue weighted by Crippen LogP contribution is -2.36. The van der Waals surface area contributed by atoms with Crippen molar-refractivity contribution in [2.45, 2.75) is 26.9 Å². The van der Waals surface area contributed by atoms with Crippen LogP contribution < -0.4 is 20.1 Å². The van der Waals surface area contributed by atoms with Crippen LogP contribution in [0.25, 0.3) is 0 Å². The molecule has 0 amide bonds. The lowest BCUT2D eigenvalue weighted by molar-refractivity contribution is 0.0597. The van der Waals surface area contributed by atoms with E-state index < -0.39 is 5.97 Å². The number of ether oxygens (including phenoxy) is 4. The Labute approximate surface area is 213 Å². The van der Waals surface area contributed by atoms with Gasteiger partial charge in [-0.1, -0.05) is 18.2 Å². The first-order valence-corrected chi connectivity index (χ1v) is 10.5. The molecule has 0 aliphatic heterocycles. The summed E-state index contributed by atoms with van der Waals surface area (Å²) in [7, 11) is 4.57. The Hall–Kier alpha value is -2.53. The van der Waals surface area contributed by atoms with Gasteiger partial charge in [0.1, 0.15) is 23.7 Å². The molecule has 2 rings (SSSR count). The Bertz CT molecular complexity index is 921. The Kier molecular flexibility index (Phi) is 13.2. The van der Waals surface area contributed by atoms with E-state index in [1.807, 2.05) is 38.1 Å². The topological polar surface area (TPSA) is 90.4 Å². The van der Waals surface area contributed by atoms with E-state index in [2.05, 4.69) is 15.6 Å². The number of aryl methyl sites for hydroxylation is 1. The number of aliphatic imine (C=N–C) groups is 1. The Morgan fingerprint density at radius 2 is 1.76 bits per heavy atom. The maximum Gasteiger partial charge on any atom is 0.341 e. The predicted octanol–water partition coefficient (Wildman–Crippen LogP) is 3.69. The number of halogens is 1. The zero-order valence-corrected chi connectivity index (χ0v) is 22.2. The van der Waals surface area contributed by atoms with Crippen molar-refractivity contribution < 1.29 is 23.7 Å². The maximum absolute atomic E-state index is 12.0. The monoisotopic (exact) mass is 571 g/mol. The van der Waals surface area contributed by atoms with Crippen LogP contribution in [0.4, 0.5) is 0 Å². The maximum atomic E-state index is 12.0. The third-order valence-corrected chi connectivity index (χ3v) is 4.71. The molecule has 182 valence electrons. The minimum Gasteiger partial charge on any atom is -0.496 e. The minimum atomic E-state index is -0.442. The Morgan fingerprint density at radius 1 is 1.00 bits per heavy atom. The summed E-state index contributed by atoms with van der Waals surface area (Å²) < 4.78 is 21.3. The van der Waals surface area contributed by atoms with Crippen molar-refractivity contribution in [3.63, 3.8) is 0 Å². The smallest absolute Gasteiger partial charge is 0.341 e. The average molecular weight is 571 g/mol. The van der Waals surface area contributed by atoms with Gasteiger partial charge < -0.3 is 29.6 Å². The van der Waals surface area contributed by atoms with Gasteiger partial charge in [-0.3, -0.25) is 4.99 Å². The molecule has 2 aromatic carbocycles. The molecule has 0 atom stereocenters. The van der Waals surface area contributed by atoms with E-state index in [9.17, 15) is 4.79 Å². The van der Waals surface area contributed by atoms with Gasteiger partial charge in [0.15, 0.2) is 5.96 Å². The number of carbonyl (C=O) groups excluding carboxylic acids is 1. The highest BCUT2D eigenvalue weighted by Crippen LogP contribution is 2.21. The number of rotatable bonds is 11. The van der Waals surface area contributed by atoms with E-state index in [4.69, 9.17) is 18.9 Å². The van der Waals surface area contributed by atoms with Crippen LogP contribution in [0.2, 0.25) is 0 Å². The summed E-state index contributed by atoms with van der Waals surface area (Å²) in [6, 6.07) is 11.5. The van der Waals surface area contributed by atoms with Crippen molar-refractivity contribution in [1.29, 1.82) is 0 Å². The lowest BCUT2D eigenvalue weighted by Gasteiger charge is -2.16. The van der Waals surface area contributed by atoms with Crippen molar-refractivity contribution in [3.8, 4) is 11.5 Å². The molecule has 9 heteroatoms. The molecule has 0 fully saturated rings. The Morgan fingerprint density at radius 3 is 2.42 bits per heavy atom. The molecule has 0 unspecified atom stereocenters. The summed E-state index contributed by atoms with van der Waals surface area (Å²) in [6.45, 7) is 6.72. The van der Waals surface area contributed by atoms with Gasteiger partial charge in [0.25, 0.3) is 0 Å². The summed E-state index contributed by atoms with van der Waals surface area (Å²) in [5.41, 5.74) is 3.42. The first-order chi connectivity index (χ1) is 15.5. The molecular formula is C24H34IN3O5. The average Bonchev–Trinajstić information content (AvgIpc) is 2.82. The van der Waals surface area contributed by atoms with Crippen molar-refractivity contribution in [3.05, 3.63) is 58.7 Å². The second kappa shape index (κ2) is 15.3. The fourth-order valence-electron chi connectivity index (χ4n) is 3.02. The number of hydrogen-bond acceptors (Lipinski definition) is 6. The van der Waals surface area contributed by atoms with Crippen molar-refractivity contribution in [2.75, 3.05) is 41.1 Å². The molecular weight excluding hydrogens is 537 g/mol. The van der Waals surface area contributed by atoms with Crippen LogP contribution >= 0.6 is 24.0 Å². The molecule has 2 aromatic rings. The van der Waals surface area contributed by atoms with E-state index in [0.717, 1.165) is 22.4 Å². The lowest BCUT2D eigenvalue weighted by atomic mass is 10.1. The molecule has 0 saturated carbocycles. The van der Waals surface area contributed by atoms with E-state index in [1.54, 1.807) is 19.2 Å². The van der Waals surface area contributed by atoms with E-state index in [0.29, 0.717) is 50.2 Å². The van der Waals surface area contributed by atoms with E-state index in [1.165, 1.54) is 14.2 Å². The van der Waals surface area contributed by atoms with Gasteiger partial charge in [0.2, 0.25) is 0 Å². The zero-order valence-electron chi connectivity index (χ0n) is 19.9. The number of guanidine groups is 1. The van der Waals surface area contributed by atoms with Crippen LogP contribution in [-0.4, -0.2) is 53.0 Å². The fraction of sp³-hybridized carbons (Fsp3) is 0.417. The molecule has 0 aliphatic rings. The summed E-state index contributed by atoms with van der Waals surface area (Å²) in [5.74, 6) is 1.48. The third kappa shape index (κ3) is 9.09. The molecule has 0 saturated heterocycles. The zero-order chi connectivity index (χ0) is 23.3. The summed E-state index contributed by atoms with van der Waals surface area (Å²) in [6.07, 6.45) is 0. The largest absolute Gasteiger partial charge is 0.496 e. The number of methoxy groups -OCH3 is 2. The van der Waals surface area contributed by atoms with Crippen LogP contribution in [0, 0.1) is 6.92 Å². The van der Waals surface area contributed by atoms with Crippen LogP contribution in [0.1, 0.15) is 34.0 Å². The SMILES string of the molecule is CCOCCOc1cc(C)ccc1CNC(=NC)NCc1ccc(OC)c(C(=O)OC)c1.I. The second-order valence-electron chi connectivity index (χ2n) is 6.96. The Balaban J connectivity index is 0.00000544. The first-order valence-electron chi connectivity index (χ1n) is 10.5.